The minimum absolute atomic E-state index is 0.631. The molecule has 14 heavy (non-hydrogen) atoms. The van der Waals surface area contributed by atoms with Crippen LogP contribution in [0.15, 0.2) is 0 Å². The average Bonchev–Trinajstić information content (AvgIpc) is 2.72. The standard InChI is InChI=1S/C12H23NO/c1-10(11-5-3-2-4-6-11)13-12-7-8-14-9-12/h10-13H,2-9H2,1H3/t10-,12?/m1/s1. The Morgan fingerprint density at radius 3 is 2.57 bits per heavy atom. The smallest absolute Gasteiger partial charge is 0.0620 e. The van der Waals surface area contributed by atoms with Crippen molar-refractivity contribution in [2.45, 2.75) is 57.5 Å². The van der Waals surface area contributed by atoms with Gasteiger partial charge in [0.2, 0.25) is 0 Å². The molecule has 1 saturated carbocycles. The monoisotopic (exact) mass is 197 g/mol. The van der Waals surface area contributed by atoms with E-state index in [0.29, 0.717) is 12.1 Å². The first kappa shape index (κ1) is 10.4. The molecule has 1 aliphatic carbocycles. The highest BCUT2D eigenvalue weighted by molar-refractivity contribution is 4.81. The predicted octanol–water partition coefficient (Wildman–Crippen LogP) is 2.33. The molecule has 0 aromatic carbocycles. The summed E-state index contributed by atoms with van der Waals surface area (Å²) < 4.78 is 5.38. The lowest BCUT2D eigenvalue weighted by molar-refractivity contribution is 0.182. The third kappa shape index (κ3) is 2.71. The Morgan fingerprint density at radius 1 is 1.14 bits per heavy atom. The molecule has 2 fully saturated rings. The van der Waals surface area contributed by atoms with E-state index in [4.69, 9.17) is 4.74 Å². The van der Waals surface area contributed by atoms with Crippen molar-refractivity contribution in [2.24, 2.45) is 5.92 Å². The van der Waals surface area contributed by atoms with Crippen molar-refractivity contribution in [3.63, 3.8) is 0 Å². The van der Waals surface area contributed by atoms with E-state index in [1.165, 1.54) is 38.5 Å². The maximum absolute atomic E-state index is 5.38. The molecule has 1 saturated heterocycles. The molecule has 82 valence electrons. The second kappa shape index (κ2) is 5.13. The van der Waals surface area contributed by atoms with E-state index in [0.717, 1.165) is 19.1 Å². The van der Waals surface area contributed by atoms with Gasteiger partial charge in [-0.15, -0.1) is 0 Å². The van der Waals surface area contributed by atoms with Crippen molar-refractivity contribution in [2.75, 3.05) is 13.2 Å². The molecule has 0 aromatic rings. The highest BCUT2D eigenvalue weighted by Gasteiger charge is 2.23. The van der Waals surface area contributed by atoms with Crippen LogP contribution in [0.3, 0.4) is 0 Å². The van der Waals surface area contributed by atoms with Crippen LogP contribution in [0.4, 0.5) is 0 Å². The largest absolute Gasteiger partial charge is 0.380 e. The average molecular weight is 197 g/mol. The van der Waals surface area contributed by atoms with E-state index in [1.807, 2.05) is 0 Å². The number of hydrogen-bond donors (Lipinski definition) is 1. The zero-order valence-electron chi connectivity index (χ0n) is 9.30. The number of nitrogens with one attached hydrogen (secondary N) is 1. The Morgan fingerprint density at radius 2 is 1.93 bits per heavy atom. The van der Waals surface area contributed by atoms with E-state index in [2.05, 4.69) is 12.2 Å². The SMILES string of the molecule is C[C@@H](NC1CCOC1)C1CCCCC1. The molecule has 0 radical (unpaired) electrons. The third-order valence-electron chi connectivity index (χ3n) is 3.79. The highest BCUT2D eigenvalue weighted by atomic mass is 16.5. The van der Waals surface area contributed by atoms with Crippen molar-refractivity contribution >= 4 is 0 Å². The Balaban J connectivity index is 1.72. The fraction of sp³-hybridized carbons (Fsp3) is 1.00. The summed E-state index contributed by atoms with van der Waals surface area (Å²) in [5.41, 5.74) is 0. The molecule has 1 heterocycles. The fourth-order valence-electron chi connectivity index (χ4n) is 2.81. The van der Waals surface area contributed by atoms with Crippen LogP contribution < -0.4 is 5.32 Å². The van der Waals surface area contributed by atoms with Gasteiger partial charge < -0.3 is 10.1 Å². The molecular weight excluding hydrogens is 174 g/mol. The summed E-state index contributed by atoms with van der Waals surface area (Å²) in [7, 11) is 0. The molecule has 2 atom stereocenters. The Labute approximate surface area is 87.4 Å². The lowest BCUT2D eigenvalue weighted by atomic mass is 9.84. The van der Waals surface area contributed by atoms with Gasteiger partial charge in [0, 0.05) is 18.7 Å². The molecular formula is C12H23NO. The first-order valence-corrected chi connectivity index (χ1v) is 6.20. The minimum atomic E-state index is 0.631. The van der Waals surface area contributed by atoms with E-state index in [1.54, 1.807) is 0 Å². The van der Waals surface area contributed by atoms with Crippen molar-refractivity contribution in [1.82, 2.24) is 5.32 Å². The first-order chi connectivity index (χ1) is 6.86. The van der Waals surface area contributed by atoms with E-state index in [9.17, 15) is 0 Å². The Kier molecular flexibility index (Phi) is 3.82. The summed E-state index contributed by atoms with van der Waals surface area (Å²) in [6.45, 7) is 4.24. The van der Waals surface area contributed by atoms with Gasteiger partial charge in [-0.05, 0) is 32.1 Å². The van der Waals surface area contributed by atoms with Crippen LogP contribution >= 0.6 is 0 Å². The van der Waals surface area contributed by atoms with Crippen molar-refractivity contribution in [3.8, 4) is 0 Å². The highest BCUT2D eigenvalue weighted by Crippen LogP contribution is 2.26. The molecule has 1 aliphatic heterocycles. The van der Waals surface area contributed by atoms with Crippen LogP contribution in [0.5, 0.6) is 0 Å². The number of rotatable bonds is 3. The summed E-state index contributed by atoms with van der Waals surface area (Å²) >= 11 is 0. The van der Waals surface area contributed by atoms with Gasteiger partial charge in [-0.1, -0.05) is 19.3 Å². The van der Waals surface area contributed by atoms with Crippen LogP contribution in [0.1, 0.15) is 45.4 Å². The maximum atomic E-state index is 5.38. The molecule has 2 rings (SSSR count). The zero-order valence-corrected chi connectivity index (χ0v) is 9.30. The zero-order chi connectivity index (χ0) is 9.80. The van der Waals surface area contributed by atoms with Gasteiger partial charge in [0.1, 0.15) is 0 Å². The van der Waals surface area contributed by atoms with Crippen LogP contribution in [0, 0.1) is 5.92 Å². The van der Waals surface area contributed by atoms with Crippen molar-refractivity contribution in [3.05, 3.63) is 0 Å². The summed E-state index contributed by atoms with van der Waals surface area (Å²) in [5, 5.41) is 3.72. The molecule has 2 aliphatic rings. The van der Waals surface area contributed by atoms with Crippen LogP contribution in [0.25, 0.3) is 0 Å². The van der Waals surface area contributed by atoms with Gasteiger partial charge in [-0.3, -0.25) is 0 Å². The number of hydrogen-bond acceptors (Lipinski definition) is 2. The molecule has 2 heteroatoms. The molecule has 0 aromatic heterocycles. The quantitative estimate of drug-likeness (QED) is 0.750. The minimum Gasteiger partial charge on any atom is -0.380 e. The van der Waals surface area contributed by atoms with E-state index >= 15 is 0 Å². The Bertz CT molecular complexity index is 160. The van der Waals surface area contributed by atoms with E-state index in [-0.39, 0.29) is 0 Å². The molecule has 1 unspecified atom stereocenters. The first-order valence-electron chi connectivity index (χ1n) is 6.20. The second-order valence-corrected chi connectivity index (χ2v) is 4.91. The fourth-order valence-corrected chi connectivity index (χ4v) is 2.81. The van der Waals surface area contributed by atoms with Gasteiger partial charge in [0.15, 0.2) is 0 Å². The van der Waals surface area contributed by atoms with Gasteiger partial charge in [-0.2, -0.15) is 0 Å². The van der Waals surface area contributed by atoms with Crippen LogP contribution in [-0.4, -0.2) is 25.3 Å². The van der Waals surface area contributed by atoms with Crippen LogP contribution in [0.2, 0.25) is 0 Å². The molecule has 0 spiro atoms. The summed E-state index contributed by atoms with van der Waals surface area (Å²) in [4.78, 5) is 0. The third-order valence-corrected chi connectivity index (χ3v) is 3.79. The maximum Gasteiger partial charge on any atom is 0.0620 e. The van der Waals surface area contributed by atoms with Gasteiger partial charge in [0.25, 0.3) is 0 Å². The predicted molar refractivity (Wildman–Crippen MR) is 58.4 cm³/mol. The summed E-state index contributed by atoms with van der Waals surface area (Å²) in [5.74, 6) is 0.921. The number of ether oxygens (including phenoxy) is 1. The summed E-state index contributed by atoms with van der Waals surface area (Å²) in [6, 6.07) is 1.33. The van der Waals surface area contributed by atoms with Crippen molar-refractivity contribution < 1.29 is 4.74 Å². The lowest BCUT2D eigenvalue weighted by Crippen LogP contribution is -2.41. The van der Waals surface area contributed by atoms with E-state index < -0.39 is 0 Å². The second-order valence-electron chi connectivity index (χ2n) is 4.91. The topological polar surface area (TPSA) is 21.3 Å². The van der Waals surface area contributed by atoms with Crippen LogP contribution in [-0.2, 0) is 4.74 Å². The van der Waals surface area contributed by atoms with Gasteiger partial charge in [-0.25, -0.2) is 0 Å². The van der Waals surface area contributed by atoms with Gasteiger partial charge >= 0.3 is 0 Å². The van der Waals surface area contributed by atoms with Gasteiger partial charge in [0.05, 0.1) is 6.61 Å². The van der Waals surface area contributed by atoms with Crippen molar-refractivity contribution in [1.29, 1.82) is 0 Å². The lowest BCUT2D eigenvalue weighted by Gasteiger charge is -2.30. The summed E-state index contributed by atoms with van der Waals surface area (Å²) in [6.07, 6.45) is 8.41. The molecule has 0 amide bonds. The normalized spacial score (nSPS) is 31.9. The molecule has 1 N–H and O–H groups in total. The molecule has 0 bridgehead atoms. The Hall–Kier alpha value is -0.0800. The molecule has 2 nitrogen and oxygen atoms in total.